The van der Waals surface area contributed by atoms with Crippen LogP contribution in [0.4, 0.5) is 0 Å². The number of nitrogens with one attached hydrogen (secondary N) is 1. The zero-order valence-corrected chi connectivity index (χ0v) is 12.7. The Hall–Kier alpha value is -0.580. The molecule has 1 saturated heterocycles. The third-order valence-corrected chi connectivity index (χ3v) is 4.34. The van der Waals surface area contributed by atoms with E-state index in [9.17, 15) is 4.79 Å². The van der Waals surface area contributed by atoms with E-state index in [4.69, 9.17) is 16.3 Å². The molecule has 0 aromatic heterocycles. The molecule has 2 unspecified atom stereocenters. The highest BCUT2D eigenvalue weighted by Gasteiger charge is 2.41. The monoisotopic (exact) mass is 343 g/mol. The second-order valence-electron chi connectivity index (χ2n) is 5.20. The lowest BCUT2D eigenvalue weighted by molar-refractivity contribution is 0.0729. The smallest absolute Gasteiger partial charge is 0.251 e. The van der Waals surface area contributed by atoms with Gasteiger partial charge in [-0.1, -0.05) is 27.5 Å². The summed E-state index contributed by atoms with van der Waals surface area (Å²) in [4.78, 5) is 12.2. The first-order valence-corrected chi connectivity index (χ1v) is 7.69. The Morgan fingerprint density at radius 3 is 2.79 bits per heavy atom. The highest BCUT2D eigenvalue weighted by molar-refractivity contribution is 9.10. The number of hydrogen-bond donors (Lipinski definition) is 1. The van der Waals surface area contributed by atoms with Crippen molar-refractivity contribution in [2.45, 2.75) is 31.4 Å². The Balaban J connectivity index is 1.70. The Morgan fingerprint density at radius 1 is 1.32 bits per heavy atom. The Labute approximate surface area is 125 Å². The first-order chi connectivity index (χ1) is 9.13. The molecular weight excluding hydrogens is 330 g/mol. The highest BCUT2D eigenvalue weighted by Crippen LogP contribution is 2.38. The summed E-state index contributed by atoms with van der Waals surface area (Å²) in [6, 6.07) is 5.37. The van der Waals surface area contributed by atoms with E-state index in [1.165, 1.54) is 12.8 Å². The predicted molar refractivity (Wildman–Crippen MR) is 77.5 cm³/mol. The molecule has 3 nitrogen and oxygen atoms in total. The molecule has 1 amide bonds. The van der Waals surface area contributed by atoms with Gasteiger partial charge in [-0.25, -0.2) is 0 Å². The fraction of sp³-hybridized carbons (Fsp3) is 0.500. The zero-order chi connectivity index (χ0) is 13.4. The topological polar surface area (TPSA) is 38.3 Å². The lowest BCUT2D eigenvalue weighted by Crippen LogP contribution is -2.41. The van der Waals surface area contributed by atoms with Gasteiger partial charge in [-0.3, -0.25) is 4.79 Å². The van der Waals surface area contributed by atoms with E-state index in [1.807, 2.05) is 0 Å². The standard InChI is InChI=1S/C14H15BrClNO2/c15-10-5-9(6-11(16)7-10)14(18)17-12-3-4-19-13(12)8-1-2-8/h5-8,12-13H,1-4H2,(H,17,18). The van der Waals surface area contributed by atoms with Crippen molar-refractivity contribution in [3.8, 4) is 0 Å². The molecule has 2 aliphatic rings. The Bertz CT molecular complexity index is 484. The summed E-state index contributed by atoms with van der Waals surface area (Å²) in [5, 5.41) is 3.63. The largest absolute Gasteiger partial charge is 0.376 e. The molecule has 0 spiro atoms. The average Bonchev–Trinajstić information content (AvgIpc) is 3.09. The van der Waals surface area contributed by atoms with Crippen LogP contribution in [0.25, 0.3) is 0 Å². The molecule has 1 aromatic carbocycles. The molecule has 5 heteroatoms. The summed E-state index contributed by atoms with van der Waals surface area (Å²) in [5.74, 6) is 0.559. The normalized spacial score (nSPS) is 26.4. The molecule has 1 saturated carbocycles. The number of carbonyl (C=O) groups excluding carboxylic acids is 1. The highest BCUT2D eigenvalue weighted by atomic mass is 79.9. The van der Waals surface area contributed by atoms with Crippen LogP contribution < -0.4 is 5.32 Å². The summed E-state index contributed by atoms with van der Waals surface area (Å²) >= 11 is 9.32. The van der Waals surface area contributed by atoms with E-state index in [0.29, 0.717) is 16.5 Å². The van der Waals surface area contributed by atoms with Crippen LogP contribution in [0.5, 0.6) is 0 Å². The van der Waals surface area contributed by atoms with E-state index in [2.05, 4.69) is 21.2 Å². The Kier molecular flexibility index (Phi) is 3.83. The van der Waals surface area contributed by atoms with Crippen LogP contribution in [0.2, 0.25) is 5.02 Å². The summed E-state index contributed by atoms with van der Waals surface area (Å²) in [7, 11) is 0. The quantitative estimate of drug-likeness (QED) is 0.912. The molecule has 0 bridgehead atoms. The van der Waals surface area contributed by atoms with Gasteiger partial charge in [0.05, 0.1) is 12.1 Å². The summed E-state index contributed by atoms with van der Waals surface area (Å²) in [6.45, 7) is 0.741. The molecule has 19 heavy (non-hydrogen) atoms. The second kappa shape index (κ2) is 5.43. The van der Waals surface area contributed by atoms with Gasteiger partial charge in [0.15, 0.2) is 0 Å². The van der Waals surface area contributed by atoms with Crippen molar-refractivity contribution in [1.29, 1.82) is 0 Å². The fourth-order valence-electron chi connectivity index (χ4n) is 2.59. The number of halogens is 2. The van der Waals surface area contributed by atoms with Crippen LogP contribution in [0.1, 0.15) is 29.6 Å². The molecule has 1 aromatic rings. The van der Waals surface area contributed by atoms with Gasteiger partial charge in [-0.15, -0.1) is 0 Å². The van der Waals surface area contributed by atoms with Crippen LogP contribution in [0.3, 0.4) is 0 Å². The van der Waals surface area contributed by atoms with Gasteiger partial charge in [-0.2, -0.15) is 0 Å². The number of ether oxygens (including phenoxy) is 1. The molecule has 1 aliphatic heterocycles. The number of rotatable bonds is 3. The van der Waals surface area contributed by atoms with Crippen LogP contribution in [-0.4, -0.2) is 24.7 Å². The lowest BCUT2D eigenvalue weighted by Gasteiger charge is -2.19. The number of hydrogen-bond acceptors (Lipinski definition) is 2. The van der Waals surface area contributed by atoms with Crippen molar-refractivity contribution in [2.24, 2.45) is 5.92 Å². The summed E-state index contributed by atoms with van der Waals surface area (Å²) < 4.78 is 6.54. The molecule has 3 rings (SSSR count). The van der Waals surface area contributed by atoms with E-state index >= 15 is 0 Å². The first kappa shape index (κ1) is 13.4. The minimum absolute atomic E-state index is 0.0793. The van der Waals surface area contributed by atoms with Crippen LogP contribution in [-0.2, 0) is 4.74 Å². The number of carbonyl (C=O) groups is 1. The van der Waals surface area contributed by atoms with Gasteiger partial charge in [0.2, 0.25) is 0 Å². The summed E-state index contributed by atoms with van der Waals surface area (Å²) in [5.41, 5.74) is 0.584. The van der Waals surface area contributed by atoms with Gasteiger partial charge in [-0.05, 0) is 43.4 Å². The molecule has 2 atom stereocenters. The molecule has 1 heterocycles. The number of benzene rings is 1. The maximum absolute atomic E-state index is 12.2. The summed E-state index contributed by atoms with van der Waals surface area (Å²) in [6.07, 6.45) is 3.54. The van der Waals surface area contributed by atoms with Gasteiger partial charge >= 0.3 is 0 Å². The zero-order valence-electron chi connectivity index (χ0n) is 10.4. The van der Waals surface area contributed by atoms with Crippen molar-refractivity contribution in [3.05, 3.63) is 33.3 Å². The number of amides is 1. The van der Waals surface area contributed by atoms with Crippen molar-refractivity contribution in [2.75, 3.05) is 6.61 Å². The van der Waals surface area contributed by atoms with Gasteiger partial charge in [0.25, 0.3) is 5.91 Å². The van der Waals surface area contributed by atoms with Crippen LogP contribution in [0.15, 0.2) is 22.7 Å². The van der Waals surface area contributed by atoms with E-state index in [1.54, 1.807) is 18.2 Å². The van der Waals surface area contributed by atoms with Crippen molar-refractivity contribution < 1.29 is 9.53 Å². The lowest BCUT2D eigenvalue weighted by atomic mass is 10.1. The van der Waals surface area contributed by atoms with Gasteiger partial charge in [0.1, 0.15) is 0 Å². The van der Waals surface area contributed by atoms with Crippen molar-refractivity contribution in [3.63, 3.8) is 0 Å². The predicted octanol–water partition coefficient (Wildman–Crippen LogP) is 3.40. The Morgan fingerprint density at radius 2 is 2.11 bits per heavy atom. The molecule has 1 N–H and O–H groups in total. The van der Waals surface area contributed by atoms with Gasteiger partial charge in [0, 0.05) is 21.7 Å². The minimum atomic E-state index is -0.0793. The van der Waals surface area contributed by atoms with Crippen molar-refractivity contribution >= 4 is 33.4 Å². The van der Waals surface area contributed by atoms with Gasteiger partial charge < -0.3 is 10.1 Å². The van der Waals surface area contributed by atoms with E-state index < -0.39 is 0 Å². The van der Waals surface area contributed by atoms with Crippen LogP contribution in [0, 0.1) is 5.92 Å². The van der Waals surface area contributed by atoms with Crippen molar-refractivity contribution in [1.82, 2.24) is 5.32 Å². The maximum Gasteiger partial charge on any atom is 0.251 e. The fourth-order valence-corrected chi connectivity index (χ4v) is 3.45. The SMILES string of the molecule is O=C(NC1CCOC1C1CC1)c1cc(Cl)cc(Br)c1. The molecule has 0 radical (unpaired) electrons. The molecule has 1 aliphatic carbocycles. The van der Waals surface area contributed by atoms with Crippen LogP contribution >= 0.6 is 27.5 Å². The average molecular weight is 345 g/mol. The molecule has 102 valence electrons. The first-order valence-electron chi connectivity index (χ1n) is 6.52. The third-order valence-electron chi connectivity index (χ3n) is 3.66. The molecular formula is C14H15BrClNO2. The minimum Gasteiger partial charge on any atom is -0.376 e. The van der Waals surface area contributed by atoms with E-state index in [0.717, 1.165) is 17.5 Å². The van der Waals surface area contributed by atoms with E-state index in [-0.39, 0.29) is 18.1 Å². The molecule has 2 fully saturated rings. The maximum atomic E-state index is 12.2. The third kappa shape index (κ3) is 3.12. The second-order valence-corrected chi connectivity index (χ2v) is 6.55.